The summed E-state index contributed by atoms with van der Waals surface area (Å²) in [4.78, 5) is 12.6. The van der Waals surface area contributed by atoms with Crippen LogP contribution in [0.2, 0.25) is 23.2 Å². The Labute approximate surface area is 246 Å². The van der Waals surface area contributed by atoms with E-state index in [0.29, 0.717) is 24.4 Å². The third kappa shape index (κ3) is 5.90. The highest BCUT2D eigenvalue weighted by Gasteiger charge is 2.52. The highest BCUT2D eigenvalue weighted by atomic mass is 28.4. The Balaban J connectivity index is 1.56. The normalized spacial score (nSPS) is 27.4. The van der Waals surface area contributed by atoms with Gasteiger partial charge in [0.05, 0.1) is 6.10 Å². The average molecular weight is 577 g/mol. The fraction of sp³-hybridized carbons (Fsp3) is 0.571. The first-order valence-corrected chi connectivity index (χ1v) is 20.1. The summed E-state index contributed by atoms with van der Waals surface area (Å²) in [6.07, 6.45) is 8.10. The first-order valence-electron chi connectivity index (χ1n) is 15.3. The van der Waals surface area contributed by atoms with E-state index in [2.05, 4.69) is 134 Å². The SMILES string of the molecule is C[C@@H]1C[C@H]2[C@@H](C=C[C@H](CCO[Si](c3ccccc3)(c3ccccc3)C(C)(C)C)[C@H]2C=O)[C@@H]1O[Si](C)(C)C(C)(C)C. The van der Waals surface area contributed by atoms with Gasteiger partial charge in [0.1, 0.15) is 6.29 Å². The minimum absolute atomic E-state index is 0.0215. The van der Waals surface area contributed by atoms with Crippen LogP contribution in [0.5, 0.6) is 0 Å². The zero-order chi connectivity index (χ0) is 29.3. The molecule has 0 aliphatic heterocycles. The summed E-state index contributed by atoms with van der Waals surface area (Å²) in [5.74, 6) is 1.37. The van der Waals surface area contributed by atoms with Gasteiger partial charge < -0.3 is 13.6 Å². The molecule has 0 heterocycles. The number of carbonyl (C=O) groups is 1. The summed E-state index contributed by atoms with van der Waals surface area (Å²) >= 11 is 0. The Hall–Kier alpha value is -1.80. The molecule has 1 saturated carbocycles. The van der Waals surface area contributed by atoms with E-state index in [1.807, 2.05) is 0 Å². The quantitative estimate of drug-likeness (QED) is 0.175. The lowest BCUT2D eigenvalue weighted by Crippen LogP contribution is -2.66. The molecule has 0 N–H and O–H groups in total. The van der Waals surface area contributed by atoms with Crippen LogP contribution in [0.1, 0.15) is 61.3 Å². The number of hydrogen-bond donors (Lipinski definition) is 0. The van der Waals surface area contributed by atoms with Gasteiger partial charge in [-0.05, 0) is 64.1 Å². The minimum atomic E-state index is -2.59. The van der Waals surface area contributed by atoms with Gasteiger partial charge in [-0.25, -0.2) is 0 Å². The molecule has 0 bridgehead atoms. The van der Waals surface area contributed by atoms with Crippen molar-refractivity contribution in [2.24, 2.45) is 29.6 Å². The van der Waals surface area contributed by atoms with E-state index in [9.17, 15) is 4.79 Å². The van der Waals surface area contributed by atoms with Crippen LogP contribution < -0.4 is 10.4 Å². The molecule has 218 valence electrons. The van der Waals surface area contributed by atoms with Gasteiger partial charge in [0, 0.05) is 18.4 Å². The van der Waals surface area contributed by atoms with Crippen molar-refractivity contribution < 1.29 is 13.6 Å². The maximum atomic E-state index is 12.6. The predicted molar refractivity (Wildman–Crippen MR) is 173 cm³/mol. The van der Waals surface area contributed by atoms with Crippen LogP contribution in [-0.2, 0) is 13.6 Å². The Morgan fingerprint density at radius 2 is 1.40 bits per heavy atom. The second-order valence-corrected chi connectivity index (χ2v) is 23.9. The summed E-state index contributed by atoms with van der Waals surface area (Å²) in [5.41, 5.74) is 0. The van der Waals surface area contributed by atoms with Crippen LogP contribution in [0.4, 0.5) is 0 Å². The zero-order valence-electron chi connectivity index (χ0n) is 26.3. The van der Waals surface area contributed by atoms with E-state index in [4.69, 9.17) is 8.85 Å². The Morgan fingerprint density at radius 1 is 0.850 bits per heavy atom. The number of aldehydes is 1. The lowest BCUT2D eigenvalue weighted by Gasteiger charge is -2.44. The number of rotatable bonds is 9. The van der Waals surface area contributed by atoms with Crippen molar-refractivity contribution in [3.8, 4) is 0 Å². The predicted octanol–water partition coefficient (Wildman–Crippen LogP) is 7.62. The molecule has 0 aromatic heterocycles. The minimum Gasteiger partial charge on any atom is -0.413 e. The topological polar surface area (TPSA) is 35.5 Å². The summed E-state index contributed by atoms with van der Waals surface area (Å²) in [5, 5.41) is 2.72. The van der Waals surface area contributed by atoms with Crippen LogP contribution in [0, 0.1) is 29.6 Å². The molecule has 1 fully saturated rings. The third-order valence-corrected chi connectivity index (χ3v) is 19.7. The molecule has 0 spiro atoms. The van der Waals surface area contributed by atoms with Gasteiger partial charge >= 0.3 is 0 Å². The summed E-state index contributed by atoms with van der Waals surface area (Å²) in [6, 6.07) is 21.7. The van der Waals surface area contributed by atoms with Crippen LogP contribution in [0.25, 0.3) is 0 Å². The molecule has 3 nitrogen and oxygen atoms in total. The smallest absolute Gasteiger partial charge is 0.261 e. The summed E-state index contributed by atoms with van der Waals surface area (Å²) in [7, 11) is -4.49. The monoisotopic (exact) mass is 576 g/mol. The van der Waals surface area contributed by atoms with Gasteiger partial charge in [-0.1, -0.05) is 121 Å². The standard InChI is InChI=1S/C35H52O3Si2/c1-26-24-31-30(33(26)38-39(8,9)34(2,3)4)21-20-27(32(31)25-36)22-23-37-40(35(5,6)7,28-16-12-10-13-17-28)29-18-14-11-15-19-29/h10-21,25-27,30-33H,22-24H2,1-9H3/t26-,27-,30-,31+,32-,33-/m1/s1. The van der Waals surface area contributed by atoms with Crippen LogP contribution in [0.3, 0.4) is 0 Å². The molecule has 2 aliphatic carbocycles. The van der Waals surface area contributed by atoms with Gasteiger partial charge in [-0.15, -0.1) is 0 Å². The molecule has 6 atom stereocenters. The highest BCUT2D eigenvalue weighted by molar-refractivity contribution is 6.99. The zero-order valence-corrected chi connectivity index (χ0v) is 28.3. The first-order chi connectivity index (χ1) is 18.7. The van der Waals surface area contributed by atoms with Crippen molar-refractivity contribution in [1.29, 1.82) is 0 Å². The van der Waals surface area contributed by atoms with E-state index in [0.717, 1.165) is 12.8 Å². The molecular weight excluding hydrogens is 525 g/mol. The molecule has 2 aromatic carbocycles. The fourth-order valence-corrected chi connectivity index (χ4v) is 13.0. The van der Waals surface area contributed by atoms with E-state index < -0.39 is 16.6 Å². The third-order valence-electron chi connectivity index (χ3n) is 10.2. The first kappa shape index (κ1) is 31.1. The maximum absolute atomic E-state index is 12.6. The molecular formula is C35H52O3Si2. The molecule has 4 rings (SSSR count). The maximum Gasteiger partial charge on any atom is 0.261 e. The number of fused-ring (bicyclic) bond motifs is 1. The lowest BCUT2D eigenvalue weighted by atomic mass is 9.71. The average Bonchev–Trinajstić information content (AvgIpc) is 3.20. The van der Waals surface area contributed by atoms with Gasteiger partial charge in [-0.3, -0.25) is 0 Å². The van der Waals surface area contributed by atoms with Gasteiger partial charge in [0.2, 0.25) is 0 Å². The summed E-state index contributed by atoms with van der Waals surface area (Å²) < 4.78 is 14.2. The summed E-state index contributed by atoms with van der Waals surface area (Å²) in [6.45, 7) is 21.6. The Bertz CT molecular complexity index is 1110. The Kier molecular flexibility index (Phi) is 9.21. The number of carbonyl (C=O) groups excluding carboxylic acids is 1. The molecule has 0 unspecified atom stereocenters. The van der Waals surface area contributed by atoms with Crippen molar-refractivity contribution in [2.75, 3.05) is 6.61 Å². The molecule has 0 radical (unpaired) electrons. The molecule has 40 heavy (non-hydrogen) atoms. The molecule has 2 aliphatic rings. The van der Waals surface area contributed by atoms with Crippen molar-refractivity contribution in [1.82, 2.24) is 0 Å². The van der Waals surface area contributed by atoms with E-state index in [-0.39, 0.29) is 28.0 Å². The number of allylic oxidation sites excluding steroid dienone is 1. The van der Waals surface area contributed by atoms with Gasteiger partial charge in [0.25, 0.3) is 8.32 Å². The van der Waals surface area contributed by atoms with Crippen LogP contribution >= 0.6 is 0 Å². The van der Waals surface area contributed by atoms with E-state index in [1.54, 1.807) is 0 Å². The Morgan fingerprint density at radius 3 is 1.88 bits per heavy atom. The van der Waals surface area contributed by atoms with E-state index >= 15 is 0 Å². The van der Waals surface area contributed by atoms with Crippen LogP contribution in [0.15, 0.2) is 72.8 Å². The number of hydrogen-bond acceptors (Lipinski definition) is 3. The lowest BCUT2D eigenvalue weighted by molar-refractivity contribution is -0.114. The van der Waals surface area contributed by atoms with Crippen molar-refractivity contribution >= 4 is 33.3 Å². The van der Waals surface area contributed by atoms with Gasteiger partial charge in [0.15, 0.2) is 8.32 Å². The van der Waals surface area contributed by atoms with Crippen molar-refractivity contribution in [2.45, 2.75) is 90.6 Å². The second kappa shape index (κ2) is 11.8. The van der Waals surface area contributed by atoms with E-state index in [1.165, 1.54) is 16.7 Å². The highest BCUT2D eigenvalue weighted by Crippen LogP contribution is 2.51. The van der Waals surface area contributed by atoms with Crippen molar-refractivity contribution in [3.63, 3.8) is 0 Å². The molecule has 0 saturated heterocycles. The molecule has 5 heteroatoms. The largest absolute Gasteiger partial charge is 0.413 e. The van der Waals surface area contributed by atoms with Crippen LogP contribution in [-0.4, -0.2) is 35.6 Å². The number of benzene rings is 2. The molecule has 2 aromatic rings. The second-order valence-electron chi connectivity index (χ2n) is 14.9. The van der Waals surface area contributed by atoms with Crippen molar-refractivity contribution in [3.05, 3.63) is 72.8 Å². The molecule has 0 amide bonds. The van der Waals surface area contributed by atoms with Gasteiger partial charge in [-0.2, -0.15) is 0 Å². The fourth-order valence-electron chi connectivity index (χ4n) is 7.04.